The normalized spacial score (nSPS) is 11.3. The minimum atomic E-state index is -1.20. The van der Waals surface area contributed by atoms with Crippen LogP contribution in [0.25, 0.3) is 0 Å². The van der Waals surface area contributed by atoms with Crippen LogP contribution in [0.5, 0.6) is 0 Å². The van der Waals surface area contributed by atoms with Gasteiger partial charge in [-0.3, -0.25) is 14.4 Å². The summed E-state index contributed by atoms with van der Waals surface area (Å²) in [5.41, 5.74) is 1.67. The number of hydrogen-bond acceptors (Lipinski definition) is 6. The van der Waals surface area contributed by atoms with Crippen LogP contribution in [0.2, 0.25) is 10.0 Å². The number of rotatable bonds is 11. The lowest BCUT2D eigenvalue weighted by Crippen LogP contribution is -2.35. The van der Waals surface area contributed by atoms with E-state index in [2.05, 4.69) is 5.32 Å². The monoisotopic (exact) mass is 559 g/mol. The Morgan fingerprint density at radius 2 is 1.23 bits per heavy atom. The quantitative estimate of drug-likeness (QED) is 0.162. The van der Waals surface area contributed by atoms with Gasteiger partial charge in [0.1, 0.15) is 6.04 Å². The maximum Gasteiger partial charge on any atom is 0.329 e. The highest BCUT2D eigenvalue weighted by atomic mass is 35.5. The van der Waals surface area contributed by atoms with Gasteiger partial charge in [-0.25, -0.2) is 4.79 Å². The first kappa shape index (κ1) is 27.8. The second-order valence-corrected chi connectivity index (χ2v) is 9.49. The Kier molecular flexibility index (Phi) is 9.26. The molecule has 0 bridgehead atoms. The molecule has 4 rings (SSSR count). The molecule has 0 spiro atoms. The van der Waals surface area contributed by atoms with Gasteiger partial charge in [-0.2, -0.15) is 0 Å². The van der Waals surface area contributed by atoms with Crippen molar-refractivity contribution in [1.29, 1.82) is 0 Å². The maximum atomic E-state index is 13.3. The Labute approximate surface area is 235 Å². The molecule has 0 saturated carbocycles. The van der Waals surface area contributed by atoms with Gasteiger partial charge in [0.15, 0.2) is 24.0 Å². The van der Waals surface area contributed by atoms with E-state index >= 15 is 0 Å². The van der Waals surface area contributed by atoms with Crippen LogP contribution in [0.3, 0.4) is 0 Å². The largest absolute Gasteiger partial charge is 0.456 e. The Morgan fingerprint density at radius 3 is 1.87 bits per heavy atom. The predicted octanol–water partition coefficient (Wildman–Crippen LogP) is 6.70. The van der Waals surface area contributed by atoms with Crippen molar-refractivity contribution in [2.75, 3.05) is 11.9 Å². The number of Topliss-reactive ketones (excluding diaryl/α,β-unsaturated/α-hetero) is 2. The van der Waals surface area contributed by atoms with Gasteiger partial charge < -0.3 is 10.1 Å². The van der Waals surface area contributed by atoms with E-state index in [9.17, 15) is 19.2 Å². The van der Waals surface area contributed by atoms with Crippen LogP contribution in [-0.2, 0) is 9.53 Å². The Bertz CT molecular complexity index is 1490. The Hall–Kier alpha value is -4.26. The van der Waals surface area contributed by atoms with Crippen LogP contribution in [0, 0.1) is 0 Å². The van der Waals surface area contributed by atoms with Gasteiger partial charge in [-0.15, -0.1) is 0 Å². The summed E-state index contributed by atoms with van der Waals surface area (Å²) < 4.78 is 5.32. The van der Waals surface area contributed by atoms with Crippen molar-refractivity contribution in [1.82, 2.24) is 0 Å². The number of benzene rings is 4. The highest BCUT2D eigenvalue weighted by molar-refractivity contribution is 6.31. The number of ether oxygens (including phenoxy) is 1. The zero-order valence-corrected chi connectivity index (χ0v) is 22.1. The summed E-state index contributed by atoms with van der Waals surface area (Å²) in [6.07, 6.45) is -0.278. The van der Waals surface area contributed by atoms with Crippen LogP contribution in [-0.4, -0.2) is 36.0 Å². The van der Waals surface area contributed by atoms with Crippen molar-refractivity contribution < 1.29 is 23.9 Å². The van der Waals surface area contributed by atoms with Crippen LogP contribution in [0.15, 0.2) is 103 Å². The number of anilines is 1. The van der Waals surface area contributed by atoms with Crippen molar-refractivity contribution in [2.24, 2.45) is 0 Å². The van der Waals surface area contributed by atoms with E-state index in [1.165, 1.54) is 18.2 Å². The predicted molar refractivity (Wildman–Crippen MR) is 151 cm³/mol. The summed E-state index contributed by atoms with van der Waals surface area (Å²) in [4.78, 5) is 52.1. The highest BCUT2D eigenvalue weighted by Gasteiger charge is 2.27. The molecular weight excluding hydrogens is 537 g/mol. The lowest BCUT2D eigenvalue weighted by molar-refractivity contribution is -0.143. The lowest BCUT2D eigenvalue weighted by atomic mass is 9.99. The molecule has 0 saturated heterocycles. The van der Waals surface area contributed by atoms with Crippen LogP contribution < -0.4 is 5.32 Å². The number of ketones is 3. The second kappa shape index (κ2) is 13.0. The molecule has 0 radical (unpaired) electrons. The molecule has 0 fully saturated rings. The zero-order valence-electron chi connectivity index (χ0n) is 20.6. The van der Waals surface area contributed by atoms with E-state index in [1.807, 2.05) is 0 Å². The van der Waals surface area contributed by atoms with Crippen molar-refractivity contribution >= 4 is 52.2 Å². The van der Waals surface area contributed by atoms with Crippen molar-refractivity contribution in [3.8, 4) is 0 Å². The zero-order chi connectivity index (χ0) is 27.8. The molecule has 196 valence electrons. The molecule has 0 aliphatic heterocycles. The summed E-state index contributed by atoms with van der Waals surface area (Å²) in [7, 11) is 0. The average molecular weight is 560 g/mol. The number of halogens is 2. The SMILES string of the molecule is O=C(COC(=O)[C@H](CC(=O)c1ccccc1)Nc1ccc(Cl)cc1C(=O)c1ccccc1)c1ccc(Cl)cc1. The summed E-state index contributed by atoms with van der Waals surface area (Å²) in [6, 6.07) is 26.7. The second-order valence-electron chi connectivity index (χ2n) is 8.61. The molecule has 4 aromatic rings. The molecule has 1 atom stereocenters. The minimum Gasteiger partial charge on any atom is -0.456 e. The van der Waals surface area contributed by atoms with E-state index < -0.39 is 24.4 Å². The van der Waals surface area contributed by atoms with Crippen LogP contribution in [0.1, 0.15) is 43.1 Å². The van der Waals surface area contributed by atoms with Crippen molar-refractivity contribution in [3.05, 3.63) is 135 Å². The van der Waals surface area contributed by atoms with Gasteiger partial charge in [-0.1, -0.05) is 83.9 Å². The molecule has 0 aliphatic rings. The topological polar surface area (TPSA) is 89.5 Å². The van der Waals surface area contributed by atoms with Crippen molar-refractivity contribution in [3.63, 3.8) is 0 Å². The summed E-state index contributed by atoms with van der Waals surface area (Å²) in [6.45, 7) is -0.533. The summed E-state index contributed by atoms with van der Waals surface area (Å²) in [5, 5.41) is 3.79. The number of carbonyl (C=O) groups is 4. The third-order valence-corrected chi connectivity index (χ3v) is 6.36. The lowest BCUT2D eigenvalue weighted by Gasteiger charge is -2.20. The number of esters is 1. The molecule has 6 nitrogen and oxygen atoms in total. The van der Waals surface area contributed by atoms with Gasteiger partial charge in [0.05, 0.1) is 0 Å². The third-order valence-electron chi connectivity index (χ3n) is 5.87. The molecule has 0 heterocycles. The fourth-order valence-electron chi connectivity index (χ4n) is 3.84. The van der Waals surface area contributed by atoms with Gasteiger partial charge >= 0.3 is 5.97 Å². The van der Waals surface area contributed by atoms with E-state index in [0.717, 1.165) is 0 Å². The molecule has 39 heavy (non-hydrogen) atoms. The molecule has 0 amide bonds. The fourth-order valence-corrected chi connectivity index (χ4v) is 4.14. The number of hydrogen-bond donors (Lipinski definition) is 1. The van der Waals surface area contributed by atoms with Crippen molar-refractivity contribution in [2.45, 2.75) is 12.5 Å². The third kappa shape index (κ3) is 7.41. The molecule has 4 aromatic carbocycles. The molecule has 0 aliphatic carbocycles. The Morgan fingerprint density at radius 1 is 0.667 bits per heavy atom. The van der Waals surface area contributed by atoms with Crippen LogP contribution in [0.4, 0.5) is 5.69 Å². The minimum absolute atomic E-state index is 0.218. The van der Waals surface area contributed by atoms with E-state index in [4.69, 9.17) is 27.9 Å². The maximum absolute atomic E-state index is 13.3. The van der Waals surface area contributed by atoms with Gasteiger partial charge in [0.2, 0.25) is 0 Å². The van der Waals surface area contributed by atoms with Crippen LogP contribution >= 0.6 is 23.2 Å². The highest BCUT2D eigenvalue weighted by Crippen LogP contribution is 2.25. The first-order valence-corrected chi connectivity index (χ1v) is 12.8. The summed E-state index contributed by atoms with van der Waals surface area (Å²) >= 11 is 12.1. The number of carbonyl (C=O) groups excluding carboxylic acids is 4. The van der Waals surface area contributed by atoms with Gasteiger partial charge in [0, 0.05) is 44.4 Å². The Balaban J connectivity index is 1.59. The number of nitrogens with one attached hydrogen (secondary N) is 1. The first-order chi connectivity index (χ1) is 18.8. The molecule has 0 unspecified atom stereocenters. The molecule has 0 aromatic heterocycles. The van der Waals surface area contributed by atoms with E-state index in [-0.39, 0.29) is 23.6 Å². The average Bonchev–Trinajstić information content (AvgIpc) is 2.97. The molecular formula is C31H23Cl2NO5. The van der Waals surface area contributed by atoms with E-state index in [1.54, 1.807) is 84.9 Å². The van der Waals surface area contributed by atoms with Gasteiger partial charge in [-0.05, 0) is 42.5 Å². The molecule has 1 N–H and O–H groups in total. The fraction of sp³-hybridized carbons (Fsp3) is 0.0968. The molecule has 8 heteroatoms. The summed E-state index contributed by atoms with van der Waals surface area (Å²) in [5.74, 6) is -1.90. The standard InChI is InChI=1S/C31H23Cl2NO5/c32-23-13-11-21(12-14-23)29(36)19-39-31(38)27(18-28(35)20-7-3-1-4-8-20)34-26-16-15-24(33)17-25(26)30(37)22-9-5-2-6-10-22/h1-17,27,34H,18-19H2/t27-/m0/s1. The smallest absolute Gasteiger partial charge is 0.329 e. The first-order valence-electron chi connectivity index (χ1n) is 12.0. The van der Waals surface area contributed by atoms with Gasteiger partial charge in [0.25, 0.3) is 0 Å². The van der Waals surface area contributed by atoms with E-state index in [0.29, 0.717) is 32.4 Å².